The maximum absolute atomic E-state index is 12.9. The van der Waals surface area contributed by atoms with Gasteiger partial charge < -0.3 is 10.1 Å². The van der Waals surface area contributed by atoms with Gasteiger partial charge in [0.1, 0.15) is 10.7 Å². The maximum atomic E-state index is 12.9. The number of ether oxygens (including phenoxy) is 1. The van der Waals surface area contributed by atoms with Crippen molar-refractivity contribution in [3.8, 4) is 0 Å². The summed E-state index contributed by atoms with van der Waals surface area (Å²) in [5.41, 5.74) is 0.406. The lowest BCUT2D eigenvalue weighted by Gasteiger charge is -2.09. The van der Waals surface area contributed by atoms with E-state index in [2.05, 4.69) is 15.3 Å². The molecule has 1 N–H and O–H groups in total. The van der Waals surface area contributed by atoms with Crippen molar-refractivity contribution in [3.05, 3.63) is 33.5 Å². The Hall–Kier alpha value is -2.14. The number of hydrogen-bond donors (Lipinski definition) is 1. The normalized spacial score (nSPS) is 13.3. The molecule has 156 valence electrons. The molecule has 0 radical (unpaired) electrons. The van der Waals surface area contributed by atoms with Gasteiger partial charge in [0.15, 0.2) is 5.16 Å². The Labute approximate surface area is 173 Å². The minimum Gasteiger partial charge on any atom is -0.462 e. The number of aryl methyl sites for hydroxylation is 2. The number of rotatable bonds is 6. The number of nitrogens with zero attached hydrogens (tertiary/aromatic N) is 2. The van der Waals surface area contributed by atoms with E-state index < -0.39 is 23.7 Å². The molecule has 1 aliphatic rings. The third kappa shape index (κ3) is 5.08. The average molecular weight is 445 g/mol. The summed E-state index contributed by atoms with van der Waals surface area (Å²) in [6.45, 7) is 3.36. The number of alkyl halides is 3. The number of amides is 1. The minimum absolute atomic E-state index is 0.133. The molecule has 0 bridgehead atoms. The monoisotopic (exact) mass is 445 g/mol. The van der Waals surface area contributed by atoms with E-state index in [4.69, 9.17) is 4.74 Å². The van der Waals surface area contributed by atoms with Crippen LogP contribution in [0.2, 0.25) is 0 Å². The van der Waals surface area contributed by atoms with Gasteiger partial charge in [-0.3, -0.25) is 4.79 Å². The van der Waals surface area contributed by atoms with Crippen molar-refractivity contribution in [1.82, 2.24) is 9.97 Å². The summed E-state index contributed by atoms with van der Waals surface area (Å²) in [6.07, 6.45) is -2.04. The molecule has 11 heteroatoms. The molecule has 0 saturated carbocycles. The zero-order valence-electron chi connectivity index (χ0n) is 15.7. The quantitative estimate of drug-likeness (QED) is 0.407. The van der Waals surface area contributed by atoms with E-state index in [1.807, 2.05) is 0 Å². The standard InChI is InChI=1S/C18H18F3N3O3S2/c1-3-27-16(26)14-10-5-4-6-11(10)29-15(14)24-13(25)8-28-17-22-9(2)7-12(23-17)18(19,20)21/h7H,3-6,8H2,1-2H3,(H,24,25). The first-order chi connectivity index (χ1) is 13.7. The van der Waals surface area contributed by atoms with Crippen LogP contribution in [0.4, 0.5) is 18.2 Å². The van der Waals surface area contributed by atoms with Crippen LogP contribution in [0.5, 0.6) is 0 Å². The summed E-state index contributed by atoms with van der Waals surface area (Å²) in [6, 6.07) is 0.850. The zero-order valence-corrected chi connectivity index (χ0v) is 17.3. The fraction of sp³-hybridized carbons (Fsp3) is 0.444. The molecule has 2 heterocycles. The third-order valence-electron chi connectivity index (χ3n) is 4.11. The molecule has 3 rings (SSSR count). The van der Waals surface area contributed by atoms with Gasteiger partial charge in [-0.1, -0.05) is 11.8 Å². The second-order valence-electron chi connectivity index (χ2n) is 6.29. The zero-order chi connectivity index (χ0) is 21.2. The molecule has 0 spiro atoms. The summed E-state index contributed by atoms with van der Waals surface area (Å²) in [5.74, 6) is -1.13. The van der Waals surface area contributed by atoms with Crippen LogP contribution in [0.25, 0.3) is 0 Å². The lowest BCUT2D eigenvalue weighted by atomic mass is 10.1. The van der Waals surface area contributed by atoms with Crippen molar-refractivity contribution < 1.29 is 27.5 Å². The molecular weight excluding hydrogens is 427 g/mol. The highest BCUT2D eigenvalue weighted by Crippen LogP contribution is 2.39. The maximum Gasteiger partial charge on any atom is 0.433 e. The predicted octanol–water partition coefficient (Wildman–Crippen LogP) is 4.26. The molecular formula is C18H18F3N3O3S2. The van der Waals surface area contributed by atoms with Crippen LogP contribution in [0.1, 0.15) is 45.5 Å². The number of hydrogen-bond acceptors (Lipinski definition) is 7. The lowest BCUT2D eigenvalue weighted by molar-refractivity contribution is -0.141. The van der Waals surface area contributed by atoms with E-state index in [0.717, 1.165) is 47.5 Å². The molecule has 29 heavy (non-hydrogen) atoms. The highest BCUT2D eigenvalue weighted by molar-refractivity contribution is 7.99. The first-order valence-corrected chi connectivity index (χ1v) is 10.7. The number of esters is 1. The fourth-order valence-corrected chi connectivity index (χ4v) is 4.95. The lowest BCUT2D eigenvalue weighted by Crippen LogP contribution is -2.17. The third-order valence-corrected chi connectivity index (χ3v) is 6.16. The van der Waals surface area contributed by atoms with Crippen molar-refractivity contribution in [3.63, 3.8) is 0 Å². The van der Waals surface area contributed by atoms with Gasteiger partial charge in [-0.25, -0.2) is 14.8 Å². The Morgan fingerprint density at radius 1 is 1.31 bits per heavy atom. The predicted molar refractivity (Wildman–Crippen MR) is 103 cm³/mol. The molecule has 2 aromatic heterocycles. The molecule has 0 atom stereocenters. The second kappa shape index (κ2) is 8.70. The molecule has 0 saturated heterocycles. The number of nitrogens with one attached hydrogen (secondary N) is 1. The summed E-state index contributed by atoms with van der Waals surface area (Å²) in [7, 11) is 0. The number of fused-ring (bicyclic) bond motifs is 1. The largest absolute Gasteiger partial charge is 0.462 e. The van der Waals surface area contributed by atoms with Crippen molar-refractivity contribution in [2.24, 2.45) is 0 Å². The van der Waals surface area contributed by atoms with Gasteiger partial charge in [0.25, 0.3) is 0 Å². The molecule has 0 aromatic carbocycles. The summed E-state index contributed by atoms with van der Waals surface area (Å²) in [5, 5.41) is 2.97. The Bertz CT molecular complexity index is 944. The van der Waals surface area contributed by atoms with Crippen LogP contribution in [0.3, 0.4) is 0 Å². The van der Waals surface area contributed by atoms with Gasteiger partial charge >= 0.3 is 12.1 Å². The molecule has 2 aromatic rings. The number of anilines is 1. The molecule has 0 fully saturated rings. The Morgan fingerprint density at radius 2 is 2.07 bits per heavy atom. The molecule has 1 amide bonds. The van der Waals surface area contributed by atoms with Gasteiger partial charge in [-0.15, -0.1) is 11.3 Å². The number of thiophene rings is 1. The van der Waals surface area contributed by atoms with Gasteiger partial charge in [0, 0.05) is 10.6 Å². The number of thioether (sulfide) groups is 1. The first-order valence-electron chi connectivity index (χ1n) is 8.86. The van der Waals surface area contributed by atoms with Gasteiger partial charge in [0.05, 0.1) is 17.9 Å². The number of carbonyl (C=O) groups excluding carboxylic acids is 2. The second-order valence-corrected chi connectivity index (χ2v) is 8.34. The van der Waals surface area contributed by atoms with Crippen LogP contribution < -0.4 is 5.32 Å². The highest BCUT2D eigenvalue weighted by Gasteiger charge is 2.33. The van der Waals surface area contributed by atoms with E-state index in [1.54, 1.807) is 6.92 Å². The SMILES string of the molecule is CCOC(=O)c1c(NC(=O)CSc2nc(C)cc(C(F)(F)F)n2)sc2c1CCC2. The van der Waals surface area contributed by atoms with E-state index >= 15 is 0 Å². The van der Waals surface area contributed by atoms with Gasteiger partial charge in [-0.2, -0.15) is 13.2 Å². The summed E-state index contributed by atoms with van der Waals surface area (Å²) < 4.78 is 43.7. The fourth-order valence-electron chi connectivity index (χ4n) is 2.96. The van der Waals surface area contributed by atoms with Crippen LogP contribution in [-0.4, -0.2) is 34.2 Å². The van der Waals surface area contributed by atoms with Gasteiger partial charge in [0.2, 0.25) is 5.91 Å². The number of aromatic nitrogens is 2. The van der Waals surface area contributed by atoms with Crippen LogP contribution >= 0.6 is 23.1 Å². The van der Waals surface area contributed by atoms with Crippen LogP contribution in [0, 0.1) is 6.92 Å². The Balaban J connectivity index is 1.71. The number of halogens is 3. The number of carbonyl (C=O) groups is 2. The van der Waals surface area contributed by atoms with E-state index in [0.29, 0.717) is 10.6 Å². The van der Waals surface area contributed by atoms with Crippen molar-refractivity contribution >= 4 is 40.0 Å². The van der Waals surface area contributed by atoms with Crippen LogP contribution in [0.15, 0.2) is 11.2 Å². The topological polar surface area (TPSA) is 81.2 Å². The van der Waals surface area contributed by atoms with Crippen molar-refractivity contribution in [2.45, 2.75) is 44.4 Å². The summed E-state index contributed by atoms with van der Waals surface area (Å²) in [4.78, 5) is 33.1. The highest BCUT2D eigenvalue weighted by atomic mass is 32.2. The Kier molecular flexibility index (Phi) is 6.47. The molecule has 1 aliphatic carbocycles. The first kappa shape index (κ1) is 21.6. The van der Waals surface area contributed by atoms with E-state index in [1.165, 1.54) is 18.3 Å². The van der Waals surface area contributed by atoms with Gasteiger partial charge in [-0.05, 0) is 44.7 Å². The minimum atomic E-state index is -4.59. The van der Waals surface area contributed by atoms with Crippen molar-refractivity contribution in [1.29, 1.82) is 0 Å². The van der Waals surface area contributed by atoms with Crippen molar-refractivity contribution in [2.75, 3.05) is 17.7 Å². The molecule has 0 unspecified atom stereocenters. The summed E-state index contributed by atoms with van der Waals surface area (Å²) >= 11 is 2.14. The van der Waals surface area contributed by atoms with E-state index in [9.17, 15) is 22.8 Å². The molecule has 6 nitrogen and oxygen atoms in total. The Morgan fingerprint density at radius 3 is 2.76 bits per heavy atom. The average Bonchev–Trinajstić information content (AvgIpc) is 3.19. The van der Waals surface area contributed by atoms with E-state index in [-0.39, 0.29) is 23.2 Å². The van der Waals surface area contributed by atoms with Crippen LogP contribution in [-0.2, 0) is 28.5 Å². The molecule has 0 aliphatic heterocycles. The smallest absolute Gasteiger partial charge is 0.433 e.